The Bertz CT molecular complexity index is 554. The van der Waals surface area contributed by atoms with Gasteiger partial charge in [0.15, 0.2) is 0 Å². The molecule has 1 amide bonds. The Hall–Kier alpha value is -1.84. The number of amides is 1. The predicted molar refractivity (Wildman–Crippen MR) is 82.7 cm³/mol. The van der Waals surface area contributed by atoms with Crippen molar-refractivity contribution in [3.8, 4) is 0 Å². The minimum atomic E-state index is -0.118. The van der Waals surface area contributed by atoms with E-state index in [1.807, 2.05) is 30.3 Å². The standard InChI is InChI=1S/C16H17ClN2O/c17-13-6-8-14(9-7-13)19-16(20)11-10-15(18)12-4-2-1-3-5-12/h1-9,15H,10-11,18H2,(H,19,20). The zero-order valence-electron chi connectivity index (χ0n) is 11.1. The fourth-order valence-corrected chi connectivity index (χ4v) is 2.04. The van der Waals surface area contributed by atoms with Gasteiger partial charge >= 0.3 is 0 Å². The van der Waals surface area contributed by atoms with Crippen molar-refractivity contribution in [1.29, 1.82) is 0 Å². The summed E-state index contributed by atoms with van der Waals surface area (Å²) in [5.41, 5.74) is 7.85. The quantitative estimate of drug-likeness (QED) is 0.880. The van der Waals surface area contributed by atoms with Crippen LogP contribution < -0.4 is 11.1 Å². The van der Waals surface area contributed by atoms with E-state index in [0.717, 1.165) is 11.3 Å². The van der Waals surface area contributed by atoms with Crippen molar-refractivity contribution in [3.05, 3.63) is 65.2 Å². The van der Waals surface area contributed by atoms with Crippen LogP contribution in [0.4, 0.5) is 5.69 Å². The number of benzene rings is 2. The molecule has 0 bridgehead atoms. The molecular formula is C16H17ClN2O. The summed E-state index contributed by atoms with van der Waals surface area (Å²) in [6, 6.07) is 16.7. The van der Waals surface area contributed by atoms with Gasteiger partial charge in [-0.25, -0.2) is 0 Å². The van der Waals surface area contributed by atoms with Crippen LogP contribution in [0.5, 0.6) is 0 Å². The fourth-order valence-electron chi connectivity index (χ4n) is 1.91. The van der Waals surface area contributed by atoms with Gasteiger partial charge in [-0.1, -0.05) is 41.9 Å². The molecule has 20 heavy (non-hydrogen) atoms. The van der Waals surface area contributed by atoms with Crippen LogP contribution in [-0.2, 0) is 4.79 Å². The number of anilines is 1. The molecular weight excluding hydrogens is 272 g/mol. The summed E-state index contributed by atoms with van der Waals surface area (Å²) in [5, 5.41) is 3.47. The summed E-state index contributed by atoms with van der Waals surface area (Å²) in [6.07, 6.45) is 1.00. The first-order valence-corrected chi connectivity index (χ1v) is 6.89. The van der Waals surface area contributed by atoms with Gasteiger partial charge in [-0.2, -0.15) is 0 Å². The van der Waals surface area contributed by atoms with Crippen LogP contribution in [-0.4, -0.2) is 5.91 Å². The summed E-state index contributed by atoms with van der Waals surface area (Å²) >= 11 is 5.79. The van der Waals surface area contributed by atoms with Crippen LogP contribution in [0.2, 0.25) is 5.02 Å². The average Bonchev–Trinajstić information content (AvgIpc) is 2.48. The van der Waals surface area contributed by atoms with Crippen molar-refractivity contribution in [2.24, 2.45) is 5.73 Å². The molecule has 0 aliphatic carbocycles. The lowest BCUT2D eigenvalue weighted by Crippen LogP contribution is -2.16. The van der Waals surface area contributed by atoms with Crippen LogP contribution in [0.1, 0.15) is 24.4 Å². The molecule has 0 aromatic heterocycles. The topological polar surface area (TPSA) is 55.1 Å². The van der Waals surface area contributed by atoms with E-state index in [9.17, 15) is 4.79 Å². The number of halogens is 1. The summed E-state index contributed by atoms with van der Waals surface area (Å²) in [7, 11) is 0. The molecule has 2 aromatic carbocycles. The average molecular weight is 289 g/mol. The number of carbonyl (C=O) groups excluding carboxylic acids is 1. The minimum Gasteiger partial charge on any atom is -0.326 e. The summed E-state index contributed by atoms with van der Waals surface area (Å²) in [6.45, 7) is 0. The third-order valence-corrected chi connectivity index (χ3v) is 3.29. The predicted octanol–water partition coefficient (Wildman–Crippen LogP) is 3.76. The monoisotopic (exact) mass is 288 g/mol. The Morgan fingerprint density at radius 2 is 1.75 bits per heavy atom. The highest BCUT2D eigenvalue weighted by Gasteiger charge is 2.09. The number of nitrogens with one attached hydrogen (secondary N) is 1. The van der Waals surface area contributed by atoms with Gasteiger partial charge in [0.2, 0.25) is 5.91 Å². The van der Waals surface area contributed by atoms with Gasteiger partial charge in [0.05, 0.1) is 0 Å². The maximum Gasteiger partial charge on any atom is 0.224 e. The second kappa shape index (κ2) is 7.08. The molecule has 0 aliphatic heterocycles. The second-order valence-corrected chi connectivity index (χ2v) is 5.05. The molecule has 3 N–H and O–H groups in total. The SMILES string of the molecule is NC(CCC(=O)Nc1ccc(Cl)cc1)c1ccccc1. The highest BCUT2D eigenvalue weighted by Crippen LogP contribution is 2.17. The van der Waals surface area contributed by atoms with E-state index in [1.54, 1.807) is 24.3 Å². The van der Waals surface area contributed by atoms with Crippen molar-refractivity contribution < 1.29 is 4.79 Å². The van der Waals surface area contributed by atoms with Crippen molar-refractivity contribution >= 4 is 23.2 Å². The molecule has 104 valence electrons. The number of hydrogen-bond acceptors (Lipinski definition) is 2. The number of hydrogen-bond donors (Lipinski definition) is 2. The molecule has 1 atom stereocenters. The summed E-state index contributed by atoms with van der Waals surface area (Å²) < 4.78 is 0. The van der Waals surface area contributed by atoms with E-state index in [-0.39, 0.29) is 11.9 Å². The van der Waals surface area contributed by atoms with E-state index in [2.05, 4.69) is 5.32 Å². The molecule has 1 unspecified atom stereocenters. The lowest BCUT2D eigenvalue weighted by Gasteiger charge is -2.11. The van der Waals surface area contributed by atoms with Gasteiger partial charge in [-0.15, -0.1) is 0 Å². The van der Waals surface area contributed by atoms with E-state index in [1.165, 1.54) is 0 Å². The van der Waals surface area contributed by atoms with Crippen molar-refractivity contribution in [2.75, 3.05) is 5.32 Å². The molecule has 0 spiro atoms. The van der Waals surface area contributed by atoms with Gasteiger partial charge in [0.1, 0.15) is 0 Å². The molecule has 0 aliphatic rings. The fraction of sp³-hybridized carbons (Fsp3) is 0.188. The van der Waals surface area contributed by atoms with E-state index < -0.39 is 0 Å². The number of carbonyl (C=O) groups is 1. The maximum atomic E-state index is 11.8. The molecule has 4 heteroatoms. The lowest BCUT2D eigenvalue weighted by atomic mass is 10.0. The third kappa shape index (κ3) is 4.37. The van der Waals surface area contributed by atoms with Gasteiger partial charge in [0.25, 0.3) is 0 Å². The number of rotatable bonds is 5. The Morgan fingerprint density at radius 1 is 1.10 bits per heavy atom. The molecule has 0 fully saturated rings. The zero-order chi connectivity index (χ0) is 14.4. The Kier molecular flexibility index (Phi) is 5.16. The summed E-state index contributed by atoms with van der Waals surface area (Å²) in [5.74, 6) is -0.0429. The Morgan fingerprint density at radius 3 is 2.40 bits per heavy atom. The van der Waals surface area contributed by atoms with Crippen LogP contribution in [0.3, 0.4) is 0 Å². The first-order chi connectivity index (χ1) is 9.65. The van der Waals surface area contributed by atoms with E-state index in [4.69, 9.17) is 17.3 Å². The Balaban J connectivity index is 1.82. The van der Waals surface area contributed by atoms with Crippen LogP contribution in [0.25, 0.3) is 0 Å². The van der Waals surface area contributed by atoms with Gasteiger partial charge < -0.3 is 11.1 Å². The maximum absolute atomic E-state index is 11.8. The first kappa shape index (κ1) is 14.6. The van der Waals surface area contributed by atoms with Crippen LogP contribution in [0.15, 0.2) is 54.6 Å². The molecule has 0 radical (unpaired) electrons. The van der Waals surface area contributed by atoms with Crippen LogP contribution in [0, 0.1) is 0 Å². The molecule has 0 saturated heterocycles. The van der Waals surface area contributed by atoms with Crippen molar-refractivity contribution in [1.82, 2.24) is 0 Å². The zero-order valence-corrected chi connectivity index (χ0v) is 11.8. The second-order valence-electron chi connectivity index (χ2n) is 4.61. The number of nitrogens with two attached hydrogens (primary N) is 1. The lowest BCUT2D eigenvalue weighted by molar-refractivity contribution is -0.116. The van der Waals surface area contributed by atoms with Gasteiger partial charge in [0, 0.05) is 23.2 Å². The van der Waals surface area contributed by atoms with E-state index >= 15 is 0 Å². The molecule has 2 aromatic rings. The van der Waals surface area contributed by atoms with Crippen LogP contribution >= 0.6 is 11.6 Å². The van der Waals surface area contributed by atoms with E-state index in [0.29, 0.717) is 17.9 Å². The van der Waals surface area contributed by atoms with Crippen molar-refractivity contribution in [2.45, 2.75) is 18.9 Å². The normalized spacial score (nSPS) is 11.9. The minimum absolute atomic E-state index is 0.0429. The molecule has 0 saturated carbocycles. The summed E-state index contributed by atoms with van der Waals surface area (Å²) in [4.78, 5) is 11.8. The molecule has 3 nitrogen and oxygen atoms in total. The molecule has 2 rings (SSSR count). The first-order valence-electron chi connectivity index (χ1n) is 6.51. The smallest absolute Gasteiger partial charge is 0.224 e. The highest BCUT2D eigenvalue weighted by atomic mass is 35.5. The molecule has 0 heterocycles. The highest BCUT2D eigenvalue weighted by molar-refractivity contribution is 6.30. The Labute approximate surface area is 123 Å². The third-order valence-electron chi connectivity index (χ3n) is 3.04. The van der Waals surface area contributed by atoms with Gasteiger partial charge in [-0.05, 0) is 36.2 Å². The van der Waals surface area contributed by atoms with Gasteiger partial charge in [-0.3, -0.25) is 4.79 Å². The largest absolute Gasteiger partial charge is 0.326 e. The van der Waals surface area contributed by atoms with Crippen molar-refractivity contribution in [3.63, 3.8) is 0 Å².